The number of nitrogens with one attached hydrogen (secondary N) is 4. The van der Waals surface area contributed by atoms with Crippen LogP contribution in [0.25, 0.3) is 0 Å². The number of ether oxygens (including phenoxy) is 1. The minimum atomic E-state index is -1.23. The molecule has 1 heterocycles. The van der Waals surface area contributed by atoms with Crippen molar-refractivity contribution in [3.8, 4) is 0 Å². The number of carbonyl (C=O) groups is 7. The first-order valence-corrected chi connectivity index (χ1v) is 18.8. The van der Waals surface area contributed by atoms with Gasteiger partial charge in [0.15, 0.2) is 0 Å². The summed E-state index contributed by atoms with van der Waals surface area (Å²) in [6, 6.07) is 4.60. The maximum Gasteiger partial charge on any atom is 0.407 e. The number of benzene rings is 1. The van der Waals surface area contributed by atoms with Gasteiger partial charge in [0, 0.05) is 20.6 Å². The Balaban J connectivity index is 1.74. The largest absolute Gasteiger partial charge is 0.449 e. The van der Waals surface area contributed by atoms with Crippen molar-refractivity contribution in [1.82, 2.24) is 31.1 Å². The molecule has 1 aliphatic carbocycles. The van der Waals surface area contributed by atoms with E-state index in [-0.39, 0.29) is 49.1 Å². The smallest absolute Gasteiger partial charge is 0.407 e. The highest BCUT2D eigenvalue weighted by Gasteiger charge is 2.47. The molecular formula is C39H60N6O8. The van der Waals surface area contributed by atoms with Gasteiger partial charge in [-0.1, -0.05) is 91.1 Å². The average molecular weight is 741 g/mol. The van der Waals surface area contributed by atoms with Crippen LogP contribution in [0.2, 0.25) is 0 Å². The van der Waals surface area contributed by atoms with Gasteiger partial charge in [-0.15, -0.1) is 0 Å². The first kappa shape index (κ1) is 42.9. The summed E-state index contributed by atoms with van der Waals surface area (Å²) < 4.78 is 5.37. The van der Waals surface area contributed by atoms with Gasteiger partial charge in [0.2, 0.25) is 29.4 Å². The molecule has 4 atom stereocenters. The number of alkyl carbamates (subject to hydrolysis) is 1. The van der Waals surface area contributed by atoms with Crippen molar-refractivity contribution in [2.75, 3.05) is 33.8 Å². The minimum absolute atomic E-state index is 0.0986. The lowest BCUT2D eigenvalue weighted by Crippen LogP contribution is -2.58. The number of nitrogens with zero attached hydrogens (tertiary/aromatic N) is 2. The fourth-order valence-electron chi connectivity index (χ4n) is 6.95. The van der Waals surface area contributed by atoms with Crippen LogP contribution in [0, 0.1) is 23.2 Å². The number of Topliss-reactive ketones (excluding diaryl/α,β-unsaturated/α-hetero) is 1. The molecule has 0 radical (unpaired) electrons. The topological polar surface area (TPSA) is 183 Å². The van der Waals surface area contributed by atoms with Crippen LogP contribution in [-0.2, 0) is 33.5 Å². The van der Waals surface area contributed by atoms with Crippen LogP contribution in [0.15, 0.2) is 30.3 Å². The van der Waals surface area contributed by atoms with Crippen LogP contribution in [0.4, 0.5) is 4.79 Å². The third-order valence-electron chi connectivity index (χ3n) is 9.61. The molecule has 6 amide bonds. The first-order valence-electron chi connectivity index (χ1n) is 18.8. The molecule has 294 valence electrons. The van der Waals surface area contributed by atoms with Gasteiger partial charge in [-0.25, -0.2) is 4.79 Å². The molecule has 1 aromatic carbocycles. The maximum absolute atomic E-state index is 14.3. The number of hydrogen-bond donors (Lipinski definition) is 4. The standard InChI is InChI=1S/C39H60N6O8/c1-24(2)19-28(33(47)35(49)40-21-30(46)42-31(36(50)44(7)8)26-15-11-9-12-16-26)41-34(48)29-20-39(5,6)23-45(29)37(51)32(27-17-13-10-14-18-27)43-38(52)53-22-25(3)4/h9,11-12,15-16,24-25,27-29,31-32H,10,13-14,17-23H2,1-8H3,(H,40,49)(H,41,48)(H,42,46)(H,43,52)/t28-,29?,31-,32-/m0/s1. The molecule has 2 aliphatic rings. The van der Waals surface area contributed by atoms with E-state index < -0.39 is 65.7 Å². The summed E-state index contributed by atoms with van der Waals surface area (Å²) >= 11 is 0. The Labute approximate surface area is 313 Å². The summed E-state index contributed by atoms with van der Waals surface area (Å²) in [5.74, 6) is -4.11. The molecule has 1 saturated heterocycles. The Morgan fingerprint density at radius 1 is 0.887 bits per heavy atom. The lowest BCUT2D eigenvalue weighted by Gasteiger charge is -2.35. The van der Waals surface area contributed by atoms with Crippen molar-refractivity contribution in [1.29, 1.82) is 0 Å². The fourth-order valence-corrected chi connectivity index (χ4v) is 6.95. The predicted octanol–water partition coefficient (Wildman–Crippen LogP) is 3.11. The summed E-state index contributed by atoms with van der Waals surface area (Å²) in [6.45, 7) is 11.3. The minimum Gasteiger partial charge on any atom is -0.449 e. The number of hydrogen-bond acceptors (Lipinski definition) is 8. The van der Waals surface area contributed by atoms with Gasteiger partial charge in [-0.2, -0.15) is 0 Å². The van der Waals surface area contributed by atoms with E-state index in [0.29, 0.717) is 12.0 Å². The highest BCUT2D eigenvalue weighted by Crippen LogP contribution is 2.36. The number of carbonyl (C=O) groups excluding carboxylic acids is 7. The van der Waals surface area contributed by atoms with Crippen LogP contribution in [0.3, 0.4) is 0 Å². The van der Waals surface area contributed by atoms with Gasteiger partial charge < -0.3 is 35.8 Å². The van der Waals surface area contributed by atoms with E-state index in [9.17, 15) is 33.6 Å². The van der Waals surface area contributed by atoms with Gasteiger partial charge in [0.25, 0.3) is 5.91 Å². The summed E-state index contributed by atoms with van der Waals surface area (Å²) in [7, 11) is 3.12. The quantitative estimate of drug-likeness (QED) is 0.187. The van der Waals surface area contributed by atoms with Crippen molar-refractivity contribution in [2.24, 2.45) is 23.2 Å². The number of likely N-dealkylation sites (N-methyl/N-ethyl adjacent to an activating group) is 1. The first-order chi connectivity index (χ1) is 24.9. The van der Waals surface area contributed by atoms with Gasteiger partial charge in [-0.3, -0.25) is 28.8 Å². The summed E-state index contributed by atoms with van der Waals surface area (Å²) in [5.41, 5.74) is 0.108. The molecule has 14 heteroatoms. The molecule has 0 aromatic heterocycles. The van der Waals surface area contributed by atoms with Crippen LogP contribution in [-0.4, -0.2) is 103 Å². The average Bonchev–Trinajstić information content (AvgIpc) is 3.45. The molecule has 1 saturated carbocycles. The predicted molar refractivity (Wildman–Crippen MR) is 199 cm³/mol. The molecule has 1 aliphatic heterocycles. The summed E-state index contributed by atoms with van der Waals surface area (Å²) in [5, 5.41) is 10.5. The van der Waals surface area contributed by atoms with Crippen molar-refractivity contribution < 1.29 is 38.3 Å². The Kier molecular flexibility index (Phi) is 15.8. The zero-order valence-electron chi connectivity index (χ0n) is 32.7. The molecule has 1 aromatic rings. The third-order valence-corrected chi connectivity index (χ3v) is 9.61. The van der Waals surface area contributed by atoms with Gasteiger partial charge in [-0.05, 0) is 54.4 Å². The SMILES string of the molecule is CC(C)COC(=O)N[C@H](C(=O)N1CC(C)(C)CC1C(=O)N[C@@H](CC(C)C)C(=O)C(=O)NCC(=O)N[C@H](C(=O)N(C)C)c1ccccc1)C1CCCCC1. The molecule has 1 unspecified atom stereocenters. The lowest BCUT2D eigenvalue weighted by atomic mass is 9.83. The third kappa shape index (κ3) is 12.8. The van der Waals surface area contributed by atoms with Gasteiger partial charge >= 0.3 is 6.09 Å². The van der Waals surface area contributed by atoms with E-state index >= 15 is 0 Å². The highest BCUT2D eigenvalue weighted by molar-refractivity contribution is 6.38. The van der Waals surface area contributed by atoms with Crippen LogP contribution < -0.4 is 21.3 Å². The summed E-state index contributed by atoms with van der Waals surface area (Å²) in [4.78, 5) is 96.3. The number of amides is 6. The van der Waals surface area contributed by atoms with E-state index in [1.807, 2.05) is 41.5 Å². The highest BCUT2D eigenvalue weighted by atomic mass is 16.5. The molecule has 0 spiro atoms. The van der Waals surface area contributed by atoms with Crippen molar-refractivity contribution in [2.45, 2.75) is 111 Å². The molecular weight excluding hydrogens is 680 g/mol. The molecule has 2 fully saturated rings. The number of likely N-dealkylation sites (tertiary alicyclic amines) is 1. The Hall–Kier alpha value is -4.49. The number of ketones is 1. The Morgan fingerprint density at radius 3 is 2.11 bits per heavy atom. The van der Waals surface area contributed by atoms with Crippen molar-refractivity contribution in [3.63, 3.8) is 0 Å². The lowest BCUT2D eigenvalue weighted by molar-refractivity contribution is -0.143. The van der Waals surface area contributed by atoms with E-state index in [1.54, 1.807) is 44.4 Å². The van der Waals surface area contributed by atoms with Gasteiger partial charge in [0.1, 0.15) is 18.1 Å². The Bertz CT molecular complexity index is 1460. The second-order valence-electron chi connectivity index (χ2n) is 16.2. The zero-order chi connectivity index (χ0) is 39.5. The summed E-state index contributed by atoms with van der Waals surface area (Å²) in [6.07, 6.45) is 4.18. The maximum atomic E-state index is 14.3. The second kappa shape index (κ2) is 19.5. The van der Waals surface area contributed by atoms with Gasteiger partial charge in [0.05, 0.1) is 19.2 Å². The molecule has 4 N–H and O–H groups in total. The Morgan fingerprint density at radius 2 is 1.53 bits per heavy atom. The molecule has 3 rings (SSSR count). The van der Waals surface area contributed by atoms with Crippen LogP contribution >= 0.6 is 0 Å². The monoisotopic (exact) mass is 740 g/mol. The fraction of sp³-hybridized carbons (Fsp3) is 0.667. The van der Waals surface area contributed by atoms with Crippen molar-refractivity contribution in [3.05, 3.63) is 35.9 Å². The van der Waals surface area contributed by atoms with E-state index in [0.717, 1.165) is 32.1 Å². The number of rotatable bonds is 16. The van der Waals surface area contributed by atoms with Crippen molar-refractivity contribution >= 4 is 41.4 Å². The van der Waals surface area contributed by atoms with Crippen LogP contribution in [0.5, 0.6) is 0 Å². The van der Waals surface area contributed by atoms with E-state index in [4.69, 9.17) is 4.74 Å². The van der Waals surface area contributed by atoms with E-state index in [1.165, 1.54) is 9.80 Å². The zero-order valence-corrected chi connectivity index (χ0v) is 32.7. The second-order valence-corrected chi connectivity index (χ2v) is 16.2. The van der Waals surface area contributed by atoms with E-state index in [2.05, 4.69) is 21.3 Å². The normalized spacial score (nSPS) is 18.8. The molecule has 0 bridgehead atoms. The molecule has 53 heavy (non-hydrogen) atoms. The molecule has 14 nitrogen and oxygen atoms in total. The van der Waals surface area contributed by atoms with Crippen LogP contribution in [0.1, 0.15) is 98.1 Å².